The van der Waals surface area contributed by atoms with E-state index in [2.05, 4.69) is 16.4 Å². The van der Waals surface area contributed by atoms with Gasteiger partial charge in [-0.3, -0.25) is 0 Å². The molecular weight excluding hydrogens is 374 g/mol. The fraction of sp³-hybridized carbons (Fsp3) is 0.143. The number of thiazole rings is 1. The molecule has 0 aliphatic rings. The number of nitriles is 1. The SMILES string of the molecule is COc1cccc(NC=C(C#N)c2nc(-c3ccc(OC)c(OC)c3)cs2)c1. The van der Waals surface area contributed by atoms with Crippen molar-refractivity contribution >= 4 is 22.6 Å². The van der Waals surface area contributed by atoms with Gasteiger partial charge in [-0.2, -0.15) is 5.26 Å². The third-order valence-corrected chi connectivity index (χ3v) is 4.86. The number of rotatable bonds is 7. The van der Waals surface area contributed by atoms with Crippen LogP contribution in [-0.4, -0.2) is 26.3 Å². The lowest BCUT2D eigenvalue weighted by molar-refractivity contribution is 0.355. The van der Waals surface area contributed by atoms with Gasteiger partial charge in [0.1, 0.15) is 22.4 Å². The molecule has 7 heteroatoms. The number of hydrogen-bond donors (Lipinski definition) is 1. The predicted molar refractivity (Wildman–Crippen MR) is 111 cm³/mol. The van der Waals surface area contributed by atoms with E-state index in [1.54, 1.807) is 27.5 Å². The Labute approximate surface area is 167 Å². The van der Waals surface area contributed by atoms with E-state index in [1.807, 2.05) is 47.8 Å². The lowest BCUT2D eigenvalue weighted by atomic mass is 10.1. The van der Waals surface area contributed by atoms with Crippen LogP contribution in [0.5, 0.6) is 17.2 Å². The Morgan fingerprint density at radius 2 is 1.89 bits per heavy atom. The highest BCUT2D eigenvalue weighted by Crippen LogP contribution is 2.33. The van der Waals surface area contributed by atoms with Crippen LogP contribution in [-0.2, 0) is 0 Å². The molecule has 0 unspecified atom stereocenters. The summed E-state index contributed by atoms with van der Waals surface area (Å²) >= 11 is 1.40. The summed E-state index contributed by atoms with van der Waals surface area (Å²) < 4.78 is 15.8. The van der Waals surface area contributed by atoms with Crippen LogP contribution in [0.15, 0.2) is 54.0 Å². The van der Waals surface area contributed by atoms with Gasteiger partial charge < -0.3 is 19.5 Å². The van der Waals surface area contributed by atoms with Gasteiger partial charge in [-0.15, -0.1) is 11.3 Å². The topological polar surface area (TPSA) is 76.4 Å². The first-order chi connectivity index (χ1) is 13.7. The van der Waals surface area contributed by atoms with Crippen molar-refractivity contribution < 1.29 is 14.2 Å². The first kappa shape index (κ1) is 19.3. The first-order valence-corrected chi connectivity index (χ1v) is 9.25. The maximum absolute atomic E-state index is 9.54. The van der Waals surface area contributed by atoms with Crippen molar-refractivity contribution in [2.75, 3.05) is 26.6 Å². The van der Waals surface area contributed by atoms with Crippen LogP contribution in [0, 0.1) is 11.3 Å². The largest absolute Gasteiger partial charge is 0.497 e. The summed E-state index contributed by atoms with van der Waals surface area (Å²) in [6.07, 6.45) is 1.64. The quantitative estimate of drug-likeness (QED) is 0.581. The maximum atomic E-state index is 9.54. The number of allylic oxidation sites excluding steroid dienone is 1. The van der Waals surface area contributed by atoms with Gasteiger partial charge in [0.05, 0.1) is 27.0 Å². The van der Waals surface area contributed by atoms with Crippen LogP contribution in [0.4, 0.5) is 5.69 Å². The van der Waals surface area contributed by atoms with E-state index >= 15 is 0 Å². The molecule has 2 aromatic carbocycles. The number of ether oxygens (including phenoxy) is 3. The molecular formula is C21H19N3O3S. The average Bonchev–Trinajstić information content (AvgIpc) is 3.24. The van der Waals surface area contributed by atoms with E-state index in [1.165, 1.54) is 11.3 Å². The smallest absolute Gasteiger partial charge is 0.161 e. The van der Waals surface area contributed by atoms with Crippen molar-refractivity contribution in [2.45, 2.75) is 0 Å². The summed E-state index contributed by atoms with van der Waals surface area (Å²) in [6.45, 7) is 0. The molecule has 3 aromatic rings. The lowest BCUT2D eigenvalue weighted by Gasteiger charge is -2.08. The number of anilines is 1. The molecule has 1 aromatic heterocycles. The molecule has 142 valence electrons. The average molecular weight is 393 g/mol. The highest BCUT2D eigenvalue weighted by molar-refractivity contribution is 7.11. The number of benzene rings is 2. The molecule has 0 atom stereocenters. The van der Waals surface area contributed by atoms with Crippen molar-refractivity contribution in [3.63, 3.8) is 0 Å². The van der Waals surface area contributed by atoms with Gasteiger partial charge in [0.25, 0.3) is 0 Å². The Kier molecular flexibility index (Phi) is 6.14. The van der Waals surface area contributed by atoms with Gasteiger partial charge in [0.2, 0.25) is 0 Å². The lowest BCUT2D eigenvalue weighted by Crippen LogP contribution is -1.92. The number of hydrogen-bond acceptors (Lipinski definition) is 7. The van der Waals surface area contributed by atoms with Crippen LogP contribution in [0.3, 0.4) is 0 Å². The van der Waals surface area contributed by atoms with E-state index in [4.69, 9.17) is 14.2 Å². The van der Waals surface area contributed by atoms with Crippen molar-refractivity contribution in [3.8, 4) is 34.6 Å². The molecule has 6 nitrogen and oxygen atoms in total. The predicted octanol–water partition coefficient (Wildman–Crippen LogP) is 4.81. The Bertz CT molecular complexity index is 1040. The van der Waals surface area contributed by atoms with Gasteiger partial charge in [-0.1, -0.05) is 6.07 Å². The summed E-state index contributed by atoms with van der Waals surface area (Å²) in [5.74, 6) is 2.02. The Balaban J connectivity index is 1.84. The van der Waals surface area contributed by atoms with Crippen LogP contribution in [0.2, 0.25) is 0 Å². The van der Waals surface area contributed by atoms with Gasteiger partial charge in [-0.05, 0) is 30.3 Å². The summed E-state index contributed by atoms with van der Waals surface area (Å²) in [7, 11) is 4.80. The third-order valence-electron chi connectivity index (χ3n) is 3.99. The van der Waals surface area contributed by atoms with Crippen LogP contribution in [0.1, 0.15) is 5.01 Å². The minimum Gasteiger partial charge on any atom is -0.497 e. The standard InChI is InChI=1S/C21H19N3O3S/c1-25-17-6-4-5-16(10-17)23-12-15(11-22)21-24-18(13-28-21)14-7-8-19(26-2)20(9-14)27-3/h4-10,12-13,23H,1-3H3. The molecule has 0 bridgehead atoms. The Morgan fingerprint density at radius 1 is 1.07 bits per heavy atom. The summed E-state index contributed by atoms with van der Waals surface area (Å²) in [6, 6.07) is 15.3. The molecule has 28 heavy (non-hydrogen) atoms. The van der Waals surface area contributed by atoms with E-state index in [-0.39, 0.29) is 0 Å². The zero-order valence-electron chi connectivity index (χ0n) is 15.7. The molecule has 3 rings (SSSR count). The van der Waals surface area contributed by atoms with Crippen LogP contribution in [0.25, 0.3) is 16.8 Å². The second kappa shape index (κ2) is 8.93. The number of nitrogens with zero attached hydrogens (tertiary/aromatic N) is 2. The van der Waals surface area contributed by atoms with Crippen LogP contribution >= 0.6 is 11.3 Å². The minimum atomic E-state index is 0.444. The normalized spacial score (nSPS) is 10.9. The molecule has 0 saturated carbocycles. The Morgan fingerprint density at radius 3 is 2.61 bits per heavy atom. The minimum absolute atomic E-state index is 0.444. The van der Waals surface area contributed by atoms with Gasteiger partial charge in [-0.25, -0.2) is 4.98 Å². The number of nitrogens with one attached hydrogen (secondary N) is 1. The van der Waals surface area contributed by atoms with E-state index in [0.717, 1.165) is 22.7 Å². The zero-order chi connectivity index (χ0) is 19.9. The number of methoxy groups -OCH3 is 3. The molecule has 0 aliphatic carbocycles. The molecule has 0 fully saturated rings. The molecule has 0 radical (unpaired) electrons. The monoisotopic (exact) mass is 393 g/mol. The highest BCUT2D eigenvalue weighted by atomic mass is 32.1. The fourth-order valence-corrected chi connectivity index (χ4v) is 3.33. The second-order valence-electron chi connectivity index (χ2n) is 5.65. The molecule has 0 saturated heterocycles. The Hall–Kier alpha value is -3.50. The number of aromatic nitrogens is 1. The van der Waals surface area contributed by atoms with E-state index in [9.17, 15) is 5.26 Å². The summed E-state index contributed by atoms with van der Waals surface area (Å²) in [5.41, 5.74) is 2.92. The third kappa shape index (κ3) is 4.24. The van der Waals surface area contributed by atoms with Crippen molar-refractivity contribution in [2.24, 2.45) is 0 Å². The van der Waals surface area contributed by atoms with E-state index < -0.39 is 0 Å². The fourth-order valence-electron chi connectivity index (χ4n) is 2.54. The van der Waals surface area contributed by atoms with E-state index in [0.29, 0.717) is 22.1 Å². The van der Waals surface area contributed by atoms with Gasteiger partial charge in [0.15, 0.2) is 11.5 Å². The first-order valence-electron chi connectivity index (χ1n) is 8.37. The molecule has 0 spiro atoms. The molecule has 0 amide bonds. The molecule has 0 aliphatic heterocycles. The van der Waals surface area contributed by atoms with Crippen molar-refractivity contribution in [1.82, 2.24) is 4.98 Å². The highest BCUT2D eigenvalue weighted by Gasteiger charge is 2.12. The molecule has 1 N–H and O–H groups in total. The second-order valence-corrected chi connectivity index (χ2v) is 6.51. The van der Waals surface area contributed by atoms with Gasteiger partial charge >= 0.3 is 0 Å². The maximum Gasteiger partial charge on any atom is 0.161 e. The van der Waals surface area contributed by atoms with Crippen LogP contribution < -0.4 is 19.5 Å². The molecule has 1 heterocycles. The summed E-state index contributed by atoms with van der Waals surface area (Å²) in [4.78, 5) is 4.60. The van der Waals surface area contributed by atoms with Crippen molar-refractivity contribution in [1.29, 1.82) is 5.26 Å². The summed E-state index contributed by atoms with van der Waals surface area (Å²) in [5, 5.41) is 15.2. The van der Waals surface area contributed by atoms with Gasteiger partial charge in [0, 0.05) is 28.9 Å². The van der Waals surface area contributed by atoms with Crippen molar-refractivity contribution in [3.05, 3.63) is 59.1 Å². The zero-order valence-corrected chi connectivity index (χ0v) is 16.5.